The Bertz CT molecular complexity index is 144. The van der Waals surface area contributed by atoms with Crippen molar-refractivity contribution in [3.63, 3.8) is 0 Å². The van der Waals surface area contributed by atoms with Crippen LogP contribution < -0.4 is 0 Å². The van der Waals surface area contributed by atoms with Gasteiger partial charge in [-0.2, -0.15) is 0 Å². The normalized spacial score (nSPS) is 46.8. The van der Waals surface area contributed by atoms with Crippen LogP contribution in [0.25, 0.3) is 0 Å². The Labute approximate surface area is 63.4 Å². The standard InChI is InChI=1S/C9H17N/c1-3-10-5-4-9(2)6-8(9)7-10/h8H,3-7H2,1-2H3/t8?,9-/m0/s1. The zero-order valence-electron chi connectivity index (χ0n) is 7.06. The van der Waals surface area contributed by atoms with Gasteiger partial charge in [0.25, 0.3) is 0 Å². The zero-order valence-corrected chi connectivity index (χ0v) is 7.06. The summed E-state index contributed by atoms with van der Waals surface area (Å²) in [5.74, 6) is 1.06. The Balaban J connectivity index is 1.93. The van der Waals surface area contributed by atoms with E-state index >= 15 is 0 Å². The zero-order chi connectivity index (χ0) is 7.19. The molecule has 1 heteroatoms. The van der Waals surface area contributed by atoms with Crippen molar-refractivity contribution in [3.8, 4) is 0 Å². The first-order valence-corrected chi connectivity index (χ1v) is 4.47. The molecular formula is C9H17N. The third-order valence-corrected chi connectivity index (χ3v) is 3.46. The minimum atomic E-state index is 0.783. The fourth-order valence-electron chi connectivity index (χ4n) is 2.20. The van der Waals surface area contributed by atoms with Gasteiger partial charge in [-0.25, -0.2) is 0 Å². The molecule has 0 radical (unpaired) electrons. The minimum absolute atomic E-state index is 0.783. The van der Waals surface area contributed by atoms with E-state index in [1.54, 1.807) is 0 Å². The number of hydrogen-bond acceptors (Lipinski definition) is 1. The summed E-state index contributed by atoms with van der Waals surface area (Å²) in [4.78, 5) is 2.58. The number of likely N-dealkylation sites (tertiary alicyclic amines) is 1. The Morgan fingerprint density at radius 1 is 1.60 bits per heavy atom. The first-order chi connectivity index (χ1) is 4.74. The van der Waals surface area contributed by atoms with Crippen LogP contribution in [0.3, 0.4) is 0 Å². The highest BCUT2D eigenvalue weighted by molar-refractivity contribution is 5.03. The third-order valence-electron chi connectivity index (χ3n) is 3.46. The van der Waals surface area contributed by atoms with Crippen molar-refractivity contribution in [1.29, 1.82) is 0 Å². The van der Waals surface area contributed by atoms with E-state index in [1.165, 1.54) is 32.5 Å². The van der Waals surface area contributed by atoms with Gasteiger partial charge in [-0.1, -0.05) is 13.8 Å². The highest BCUT2D eigenvalue weighted by Gasteiger charge is 2.52. The lowest BCUT2D eigenvalue weighted by Crippen LogP contribution is -2.33. The Hall–Kier alpha value is -0.0400. The number of nitrogens with zero attached hydrogens (tertiary/aromatic N) is 1. The molecule has 0 N–H and O–H groups in total. The lowest BCUT2D eigenvalue weighted by atomic mass is 9.98. The fourth-order valence-corrected chi connectivity index (χ4v) is 2.20. The molecule has 1 saturated heterocycles. The first-order valence-electron chi connectivity index (χ1n) is 4.47. The van der Waals surface area contributed by atoms with Crippen LogP contribution in [-0.4, -0.2) is 24.5 Å². The molecule has 0 aromatic heterocycles. The van der Waals surface area contributed by atoms with Crippen LogP contribution in [0.15, 0.2) is 0 Å². The van der Waals surface area contributed by atoms with E-state index in [0.717, 1.165) is 11.3 Å². The van der Waals surface area contributed by atoms with Gasteiger partial charge in [0.1, 0.15) is 0 Å². The largest absolute Gasteiger partial charge is 0.303 e. The van der Waals surface area contributed by atoms with Crippen molar-refractivity contribution in [2.75, 3.05) is 19.6 Å². The number of piperidine rings is 1. The smallest absolute Gasteiger partial charge is 0.00150 e. The Morgan fingerprint density at radius 3 is 3.00 bits per heavy atom. The second-order valence-corrected chi connectivity index (χ2v) is 4.20. The predicted octanol–water partition coefficient (Wildman–Crippen LogP) is 1.74. The maximum absolute atomic E-state index is 2.58. The number of rotatable bonds is 1. The average Bonchev–Trinajstić information content (AvgIpc) is 2.59. The number of hydrogen-bond donors (Lipinski definition) is 0. The van der Waals surface area contributed by atoms with Crippen molar-refractivity contribution < 1.29 is 0 Å². The minimum Gasteiger partial charge on any atom is -0.303 e. The summed E-state index contributed by atoms with van der Waals surface area (Å²) >= 11 is 0. The molecule has 1 aliphatic carbocycles. The highest BCUT2D eigenvalue weighted by Crippen LogP contribution is 2.57. The second kappa shape index (κ2) is 1.97. The van der Waals surface area contributed by atoms with Gasteiger partial charge >= 0.3 is 0 Å². The van der Waals surface area contributed by atoms with Crippen LogP contribution in [0.5, 0.6) is 0 Å². The van der Waals surface area contributed by atoms with Gasteiger partial charge in [0.15, 0.2) is 0 Å². The first kappa shape index (κ1) is 6.66. The monoisotopic (exact) mass is 139 g/mol. The highest BCUT2D eigenvalue weighted by atomic mass is 15.1. The summed E-state index contributed by atoms with van der Waals surface area (Å²) in [6, 6.07) is 0. The number of fused-ring (bicyclic) bond motifs is 1. The van der Waals surface area contributed by atoms with Gasteiger partial charge < -0.3 is 4.90 Å². The molecule has 2 rings (SSSR count). The molecule has 0 amide bonds. The van der Waals surface area contributed by atoms with Crippen molar-refractivity contribution >= 4 is 0 Å². The molecule has 58 valence electrons. The molecule has 1 aliphatic heterocycles. The third kappa shape index (κ3) is 0.878. The molecule has 1 saturated carbocycles. The van der Waals surface area contributed by atoms with E-state index in [4.69, 9.17) is 0 Å². The second-order valence-electron chi connectivity index (χ2n) is 4.20. The predicted molar refractivity (Wildman–Crippen MR) is 42.9 cm³/mol. The fraction of sp³-hybridized carbons (Fsp3) is 1.00. The van der Waals surface area contributed by atoms with Gasteiger partial charge in [-0.15, -0.1) is 0 Å². The van der Waals surface area contributed by atoms with Crippen LogP contribution in [0, 0.1) is 11.3 Å². The van der Waals surface area contributed by atoms with E-state index in [2.05, 4.69) is 18.7 Å². The van der Waals surface area contributed by atoms with Gasteiger partial charge in [0.05, 0.1) is 0 Å². The molecule has 0 spiro atoms. The molecule has 2 fully saturated rings. The molecule has 10 heavy (non-hydrogen) atoms. The van der Waals surface area contributed by atoms with Crippen LogP contribution in [-0.2, 0) is 0 Å². The van der Waals surface area contributed by atoms with Gasteiger partial charge in [-0.3, -0.25) is 0 Å². The van der Waals surface area contributed by atoms with Crippen molar-refractivity contribution in [1.82, 2.24) is 4.90 Å². The van der Waals surface area contributed by atoms with Crippen LogP contribution >= 0.6 is 0 Å². The van der Waals surface area contributed by atoms with Crippen molar-refractivity contribution in [3.05, 3.63) is 0 Å². The molecule has 1 nitrogen and oxygen atoms in total. The van der Waals surface area contributed by atoms with Crippen molar-refractivity contribution in [2.24, 2.45) is 11.3 Å². The molecule has 0 aromatic carbocycles. The van der Waals surface area contributed by atoms with E-state index in [1.807, 2.05) is 0 Å². The summed E-state index contributed by atoms with van der Waals surface area (Å²) in [6.07, 6.45) is 2.95. The van der Waals surface area contributed by atoms with Crippen LogP contribution in [0.1, 0.15) is 26.7 Å². The Morgan fingerprint density at radius 2 is 2.40 bits per heavy atom. The molecule has 1 heterocycles. The quantitative estimate of drug-likeness (QED) is 0.535. The van der Waals surface area contributed by atoms with E-state index in [-0.39, 0.29) is 0 Å². The van der Waals surface area contributed by atoms with Crippen LogP contribution in [0.2, 0.25) is 0 Å². The van der Waals surface area contributed by atoms with Crippen molar-refractivity contribution in [2.45, 2.75) is 26.7 Å². The summed E-state index contributed by atoms with van der Waals surface area (Å²) in [6.45, 7) is 8.71. The lowest BCUT2D eigenvalue weighted by Gasteiger charge is -2.28. The lowest BCUT2D eigenvalue weighted by molar-refractivity contribution is 0.194. The molecule has 2 aliphatic rings. The molecule has 0 aromatic rings. The Kier molecular flexibility index (Phi) is 1.31. The molecule has 1 unspecified atom stereocenters. The molecule has 2 atom stereocenters. The van der Waals surface area contributed by atoms with E-state index in [0.29, 0.717) is 0 Å². The summed E-state index contributed by atoms with van der Waals surface area (Å²) in [5.41, 5.74) is 0.783. The maximum Gasteiger partial charge on any atom is 0.00150 e. The van der Waals surface area contributed by atoms with Gasteiger partial charge in [0, 0.05) is 6.54 Å². The molecule has 0 bridgehead atoms. The SMILES string of the molecule is CCN1CC[C@@]2(C)CC2C1. The van der Waals surface area contributed by atoms with Gasteiger partial charge in [0.2, 0.25) is 0 Å². The summed E-state index contributed by atoms with van der Waals surface area (Å²) < 4.78 is 0. The maximum atomic E-state index is 2.58. The van der Waals surface area contributed by atoms with Gasteiger partial charge in [-0.05, 0) is 37.3 Å². The molecular weight excluding hydrogens is 122 g/mol. The van der Waals surface area contributed by atoms with E-state index < -0.39 is 0 Å². The summed E-state index contributed by atoms with van der Waals surface area (Å²) in [7, 11) is 0. The van der Waals surface area contributed by atoms with E-state index in [9.17, 15) is 0 Å². The van der Waals surface area contributed by atoms with Crippen LogP contribution in [0.4, 0.5) is 0 Å². The summed E-state index contributed by atoms with van der Waals surface area (Å²) in [5, 5.41) is 0. The average molecular weight is 139 g/mol. The topological polar surface area (TPSA) is 3.24 Å².